The normalized spacial score (nSPS) is 15.2. The molecule has 7 heteroatoms. The zero-order valence-corrected chi connectivity index (χ0v) is 15.9. The monoisotopic (exact) mass is 370 g/mol. The Bertz CT molecular complexity index is 850. The second-order valence-electron chi connectivity index (χ2n) is 7.32. The van der Waals surface area contributed by atoms with Crippen LogP contribution in [0.15, 0.2) is 29.6 Å². The van der Waals surface area contributed by atoms with Crippen LogP contribution in [0.1, 0.15) is 49.5 Å². The van der Waals surface area contributed by atoms with E-state index in [0.717, 1.165) is 25.2 Å². The summed E-state index contributed by atoms with van der Waals surface area (Å²) < 4.78 is 1.89. The number of fused-ring (bicyclic) bond motifs is 1. The molecule has 0 spiro atoms. The number of benzene rings is 1. The van der Waals surface area contributed by atoms with Gasteiger partial charge in [-0.15, -0.1) is 4.91 Å². The van der Waals surface area contributed by atoms with Crippen LogP contribution in [0.2, 0.25) is 0 Å². The van der Waals surface area contributed by atoms with E-state index in [4.69, 9.17) is 0 Å². The van der Waals surface area contributed by atoms with Crippen LogP contribution in [-0.2, 0) is 4.79 Å². The minimum absolute atomic E-state index is 0.0816. The molecule has 0 bridgehead atoms. The Morgan fingerprint density at radius 2 is 1.93 bits per heavy atom. The van der Waals surface area contributed by atoms with Crippen molar-refractivity contribution in [2.24, 2.45) is 5.18 Å². The van der Waals surface area contributed by atoms with E-state index in [2.05, 4.69) is 15.4 Å². The van der Waals surface area contributed by atoms with Gasteiger partial charge in [-0.1, -0.05) is 6.42 Å². The third-order valence-electron chi connectivity index (χ3n) is 5.09. The number of Topliss-reactive ketones (excluding diaryl/α,β-unsaturated/α-hetero) is 1. The number of ketones is 1. The minimum atomic E-state index is -0.590. The molecule has 1 aliphatic heterocycles. The molecule has 144 valence electrons. The zero-order chi connectivity index (χ0) is 19.4. The average Bonchev–Trinajstić information content (AvgIpc) is 3.07. The number of amides is 1. The van der Waals surface area contributed by atoms with Gasteiger partial charge in [0.15, 0.2) is 0 Å². The van der Waals surface area contributed by atoms with Crippen molar-refractivity contribution in [3.63, 3.8) is 0 Å². The first kappa shape index (κ1) is 19.2. The second-order valence-corrected chi connectivity index (χ2v) is 7.32. The predicted octanol–water partition coefficient (Wildman–Crippen LogP) is 3.40. The molecule has 1 aromatic carbocycles. The van der Waals surface area contributed by atoms with Crippen molar-refractivity contribution in [3.05, 3.63) is 34.9 Å². The maximum Gasteiger partial charge on any atom is 0.292 e. The van der Waals surface area contributed by atoms with Crippen molar-refractivity contribution in [2.45, 2.75) is 39.2 Å². The molecule has 1 amide bonds. The highest BCUT2D eigenvalue weighted by Gasteiger charge is 2.22. The Morgan fingerprint density at radius 3 is 2.59 bits per heavy atom. The summed E-state index contributed by atoms with van der Waals surface area (Å²) in [5.41, 5.74) is 1.38. The smallest absolute Gasteiger partial charge is 0.292 e. The highest BCUT2D eigenvalue weighted by atomic mass is 16.3. The van der Waals surface area contributed by atoms with Gasteiger partial charge >= 0.3 is 0 Å². The Balaban J connectivity index is 1.74. The largest absolute Gasteiger partial charge is 0.348 e. The minimum Gasteiger partial charge on any atom is -0.348 e. The summed E-state index contributed by atoms with van der Waals surface area (Å²) in [6, 6.07) is 4.97. The molecule has 0 radical (unpaired) electrons. The number of nitrogens with zero attached hydrogens (tertiary/aromatic N) is 3. The number of likely N-dealkylation sites (tertiary alicyclic amines) is 1. The molecule has 7 nitrogen and oxygen atoms in total. The molecule has 0 aliphatic carbocycles. The van der Waals surface area contributed by atoms with E-state index in [1.54, 1.807) is 24.4 Å². The fraction of sp³-hybridized carbons (Fsp3) is 0.500. The lowest BCUT2D eigenvalue weighted by atomic mass is 10.1. The number of carbonyl (C=O) groups excluding carboxylic acids is 2. The van der Waals surface area contributed by atoms with Gasteiger partial charge in [0.2, 0.25) is 0 Å². The molecule has 0 saturated carbocycles. The molecule has 1 aliphatic rings. The first-order chi connectivity index (χ1) is 13.0. The van der Waals surface area contributed by atoms with Gasteiger partial charge in [0.25, 0.3) is 11.7 Å². The van der Waals surface area contributed by atoms with Crippen LogP contribution in [0.5, 0.6) is 0 Å². The molecular weight excluding hydrogens is 344 g/mol. The van der Waals surface area contributed by atoms with Gasteiger partial charge in [-0.2, -0.15) is 0 Å². The van der Waals surface area contributed by atoms with Gasteiger partial charge in [0.05, 0.1) is 11.1 Å². The Morgan fingerprint density at radius 1 is 1.19 bits per heavy atom. The van der Waals surface area contributed by atoms with Crippen LogP contribution >= 0.6 is 0 Å². The molecule has 1 N–H and O–H groups in total. The van der Waals surface area contributed by atoms with Crippen LogP contribution in [0.3, 0.4) is 0 Å². The highest BCUT2D eigenvalue weighted by molar-refractivity contribution is 6.45. The van der Waals surface area contributed by atoms with Gasteiger partial charge < -0.3 is 14.8 Å². The first-order valence-corrected chi connectivity index (χ1v) is 9.54. The van der Waals surface area contributed by atoms with Gasteiger partial charge in [0, 0.05) is 30.7 Å². The van der Waals surface area contributed by atoms with Crippen LogP contribution < -0.4 is 5.32 Å². The number of carbonyl (C=O) groups is 2. The Kier molecular flexibility index (Phi) is 6.01. The molecule has 1 fully saturated rings. The van der Waals surface area contributed by atoms with Crippen LogP contribution in [-0.4, -0.2) is 47.3 Å². The first-order valence-electron chi connectivity index (χ1n) is 9.54. The van der Waals surface area contributed by atoms with Crippen LogP contribution in [0.25, 0.3) is 10.9 Å². The standard InChI is InChI=1S/C20H26N4O3/c1-14(2)24-13-17(16-7-6-15(22-27)12-18(16)24)19(25)20(26)21-8-11-23-9-4-3-5-10-23/h6-7,12-14H,3-5,8-11H2,1-2H3,(H,21,26). The molecule has 0 unspecified atom stereocenters. The fourth-order valence-electron chi connectivity index (χ4n) is 3.62. The number of hydrogen-bond acceptors (Lipinski definition) is 5. The van der Waals surface area contributed by atoms with Gasteiger partial charge in [-0.3, -0.25) is 9.59 Å². The van der Waals surface area contributed by atoms with E-state index < -0.39 is 11.7 Å². The van der Waals surface area contributed by atoms with Gasteiger partial charge in [0.1, 0.15) is 5.69 Å². The van der Waals surface area contributed by atoms with E-state index in [1.165, 1.54) is 19.3 Å². The number of nitrogens with one attached hydrogen (secondary N) is 1. The summed E-state index contributed by atoms with van der Waals surface area (Å²) >= 11 is 0. The summed E-state index contributed by atoms with van der Waals surface area (Å²) in [5.74, 6) is -1.14. The lowest BCUT2D eigenvalue weighted by Gasteiger charge is -2.26. The molecular formula is C20H26N4O3. The molecule has 27 heavy (non-hydrogen) atoms. The fourth-order valence-corrected chi connectivity index (χ4v) is 3.62. The van der Waals surface area contributed by atoms with E-state index in [9.17, 15) is 14.5 Å². The van der Waals surface area contributed by atoms with E-state index in [1.807, 2.05) is 18.4 Å². The SMILES string of the molecule is CC(C)n1cc(C(=O)C(=O)NCCN2CCCCC2)c2ccc(N=O)cc21. The van der Waals surface area contributed by atoms with Crippen molar-refractivity contribution >= 4 is 28.3 Å². The van der Waals surface area contributed by atoms with Crippen LogP contribution in [0, 0.1) is 4.91 Å². The maximum absolute atomic E-state index is 12.7. The van der Waals surface area contributed by atoms with Gasteiger partial charge in [-0.05, 0) is 63.2 Å². The Hall–Kier alpha value is -2.54. The molecule has 3 rings (SSSR count). The molecule has 1 saturated heterocycles. The van der Waals surface area contributed by atoms with Crippen LogP contribution in [0.4, 0.5) is 5.69 Å². The average molecular weight is 370 g/mol. The lowest BCUT2D eigenvalue weighted by molar-refractivity contribution is -0.117. The molecule has 1 aromatic heterocycles. The number of hydrogen-bond donors (Lipinski definition) is 1. The Labute approximate surface area is 158 Å². The summed E-state index contributed by atoms with van der Waals surface area (Å²) in [6.45, 7) is 7.30. The van der Waals surface area contributed by atoms with Crippen molar-refractivity contribution in [1.29, 1.82) is 0 Å². The van der Waals surface area contributed by atoms with E-state index >= 15 is 0 Å². The van der Waals surface area contributed by atoms with Crippen molar-refractivity contribution in [3.8, 4) is 0 Å². The number of nitroso groups, excluding NO2 is 1. The lowest BCUT2D eigenvalue weighted by Crippen LogP contribution is -2.39. The van der Waals surface area contributed by atoms with Crippen molar-refractivity contribution in [1.82, 2.24) is 14.8 Å². The number of aromatic nitrogens is 1. The quantitative estimate of drug-likeness (QED) is 0.460. The van der Waals surface area contributed by atoms with E-state index in [0.29, 0.717) is 23.2 Å². The summed E-state index contributed by atoms with van der Waals surface area (Å²) in [6.07, 6.45) is 5.34. The highest BCUT2D eigenvalue weighted by Crippen LogP contribution is 2.28. The topological polar surface area (TPSA) is 83.8 Å². The zero-order valence-electron chi connectivity index (χ0n) is 15.9. The molecule has 2 heterocycles. The second kappa shape index (κ2) is 8.43. The number of piperidine rings is 1. The third-order valence-corrected chi connectivity index (χ3v) is 5.09. The predicted molar refractivity (Wildman–Crippen MR) is 105 cm³/mol. The molecule has 2 aromatic rings. The van der Waals surface area contributed by atoms with Gasteiger partial charge in [-0.25, -0.2) is 0 Å². The third kappa shape index (κ3) is 4.24. The van der Waals surface area contributed by atoms with Crippen molar-refractivity contribution < 1.29 is 9.59 Å². The van der Waals surface area contributed by atoms with Crippen molar-refractivity contribution in [2.75, 3.05) is 26.2 Å². The summed E-state index contributed by atoms with van der Waals surface area (Å²) in [5, 5.41) is 6.37. The summed E-state index contributed by atoms with van der Waals surface area (Å²) in [7, 11) is 0. The maximum atomic E-state index is 12.7. The van der Waals surface area contributed by atoms with E-state index in [-0.39, 0.29) is 6.04 Å². The molecule has 0 atom stereocenters. The summed E-state index contributed by atoms with van der Waals surface area (Å²) in [4.78, 5) is 38.2. The number of rotatable bonds is 7.